The Morgan fingerprint density at radius 2 is 1.69 bits per heavy atom. The minimum atomic E-state index is -0.343. The van der Waals surface area contributed by atoms with E-state index in [1.165, 1.54) is 30.7 Å². The summed E-state index contributed by atoms with van der Waals surface area (Å²) in [4.78, 5) is 39.6. The third kappa shape index (κ3) is 6.52. The fourth-order valence-electron chi connectivity index (χ4n) is 4.00. The van der Waals surface area contributed by atoms with Gasteiger partial charge in [0.05, 0.1) is 32.7 Å². The van der Waals surface area contributed by atoms with Gasteiger partial charge in [-0.1, -0.05) is 19.3 Å². The van der Waals surface area contributed by atoms with E-state index in [9.17, 15) is 18.8 Å². The molecule has 0 aromatic heterocycles. The van der Waals surface area contributed by atoms with Gasteiger partial charge in [-0.2, -0.15) is 0 Å². The molecule has 8 heteroatoms. The lowest BCUT2D eigenvalue weighted by Gasteiger charge is -2.32. The molecule has 0 radical (unpaired) electrons. The van der Waals surface area contributed by atoms with E-state index in [2.05, 4.69) is 10.6 Å². The molecule has 1 saturated heterocycles. The maximum absolute atomic E-state index is 12.9. The number of halogens is 1. The van der Waals surface area contributed by atoms with E-state index in [4.69, 9.17) is 0 Å². The molecule has 29 heavy (non-hydrogen) atoms. The first-order valence-corrected chi connectivity index (χ1v) is 10.5. The predicted molar refractivity (Wildman–Crippen MR) is 107 cm³/mol. The zero-order valence-electron chi connectivity index (χ0n) is 16.7. The molecular formula is C21H30FN4O3+. The molecule has 7 nitrogen and oxygen atoms in total. The molecule has 1 aliphatic carbocycles. The van der Waals surface area contributed by atoms with Gasteiger partial charge in [-0.05, 0) is 37.1 Å². The second kappa shape index (κ2) is 10.3. The quantitative estimate of drug-likeness (QED) is 0.632. The summed E-state index contributed by atoms with van der Waals surface area (Å²) in [6.45, 7) is 2.85. The average molecular weight is 405 g/mol. The monoisotopic (exact) mass is 405 g/mol. The van der Waals surface area contributed by atoms with Crippen LogP contribution in [0.4, 0.5) is 10.1 Å². The minimum Gasteiger partial charge on any atom is -0.347 e. The molecule has 2 fully saturated rings. The molecular weight excluding hydrogens is 375 g/mol. The van der Waals surface area contributed by atoms with E-state index in [1.807, 2.05) is 0 Å². The highest BCUT2D eigenvalue weighted by molar-refractivity contribution is 5.91. The number of amides is 3. The van der Waals surface area contributed by atoms with Gasteiger partial charge in [0.1, 0.15) is 5.82 Å². The predicted octanol–water partition coefficient (Wildman–Crippen LogP) is 0.188. The topological polar surface area (TPSA) is 83.0 Å². The number of nitrogens with one attached hydrogen (secondary N) is 3. The van der Waals surface area contributed by atoms with Crippen LogP contribution in [-0.2, 0) is 14.4 Å². The van der Waals surface area contributed by atoms with E-state index < -0.39 is 0 Å². The highest BCUT2D eigenvalue weighted by Gasteiger charge is 2.26. The standard InChI is InChI=1S/C21H29FN4O3/c22-17-6-8-18(9-7-17)24-19(27)15-25-10-12-26(13-11-25)20(28)14-23-21(29)16-4-2-1-3-5-16/h6-9,16H,1-5,10-15H2,(H,23,29)(H,24,27)/p+1. The molecule has 1 heterocycles. The molecule has 1 aromatic rings. The van der Waals surface area contributed by atoms with Crippen molar-refractivity contribution in [3.8, 4) is 0 Å². The van der Waals surface area contributed by atoms with Crippen LogP contribution in [0.3, 0.4) is 0 Å². The highest BCUT2D eigenvalue weighted by atomic mass is 19.1. The molecule has 0 bridgehead atoms. The summed E-state index contributed by atoms with van der Waals surface area (Å²) in [6, 6.07) is 5.67. The number of carbonyl (C=O) groups excluding carboxylic acids is 3. The minimum absolute atomic E-state index is 0.000208. The van der Waals surface area contributed by atoms with Crippen molar-refractivity contribution in [2.75, 3.05) is 44.6 Å². The number of nitrogens with zero attached hydrogens (tertiary/aromatic N) is 1. The van der Waals surface area contributed by atoms with Crippen LogP contribution in [0.25, 0.3) is 0 Å². The van der Waals surface area contributed by atoms with Gasteiger partial charge in [0.15, 0.2) is 6.54 Å². The number of benzene rings is 1. The first kappa shape index (κ1) is 21.2. The molecule has 1 saturated carbocycles. The van der Waals surface area contributed by atoms with E-state index in [0.717, 1.165) is 30.6 Å². The fraction of sp³-hybridized carbons (Fsp3) is 0.571. The summed E-state index contributed by atoms with van der Waals surface area (Å²) in [5.74, 6) is -0.489. The van der Waals surface area contributed by atoms with Crippen molar-refractivity contribution in [1.82, 2.24) is 10.2 Å². The number of piperazine rings is 1. The molecule has 1 aromatic carbocycles. The number of carbonyl (C=O) groups is 3. The van der Waals surface area contributed by atoms with Gasteiger partial charge in [0.25, 0.3) is 5.91 Å². The lowest BCUT2D eigenvalue weighted by atomic mass is 9.89. The molecule has 3 amide bonds. The van der Waals surface area contributed by atoms with Crippen LogP contribution in [0, 0.1) is 11.7 Å². The smallest absolute Gasteiger partial charge is 0.279 e. The molecule has 0 unspecified atom stereocenters. The van der Waals surface area contributed by atoms with Crippen molar-refractivity contribution in [3.05, 3.63) is 30.1 Å². The average Bonchev–Trinajstić information content (AvgIpc) is 2.74. The van der Waals surface area contributed by atoms with Gasteiger partial charge in [-0.15, -0.1) is 0 Å². The second-order valence-electron chi connectivity index (χ2n) is 7.92. The summed E-state index contributed by atoms with van der Waals surface area (Å²) in [5.41, 5.74) is 0.568. The Hall–Kier alpha value is -2.48. The van der Waals surface area contributed by atoms with Gasteiger partial charge >= 0.3 is 0 Å². The van der Waals surface area contributed by atoms with Crippen molar-refractivity contribution in [2.45, 2.75) is 32.1 Å². The Bertz CT molecular complexity index is 711. The highest BCUT2D eigenvalue weighted by Crippen LogP contribution is 2.23. The van der Waals surface area contributed by atoms with Crippen molar-refractivity contribution < 1.29 is 23.7 Å². The maximum atomic E-state index is 12.9. The van der Waals surface area contributed by atoms with Gasteiger partial charge in [-0.3, -0.25) is 14.4 Å². The van der Waals surface area contributed by atoms with Gasteiger partial charge in [0, 0.05) is 11.6 Å². The number of quaternary nitrogens is 1. The van der Waals surface area contributed by atoms with Crippen LogP contribution in [0.1, 0.15) is 32.1 Å². The van der Waals surface area contributed by atoms with Crippen LogP contribution in [0.15, 0.2) is 24.3 Å². The normalized spacial score (nSPS) is 18.3. The Kier molecular flexibility index (Phi) is 7.57. The van der Waals surface area contributed by atoms with Crippen molar-refractivity contribution in [1.29, 1.82) is 0 Å². The molecule has 3 rings (SSSR count). The molecule has 2 aliphatic rings. The maximum Gasteiger partial charge on any atom is 0.279 e. The van der Waals surface area contributed by atoms with Crippen LogP contribution >= 0.6 is 0 Å². The lowest BCUT2D eigenvalue weighted by Crippen LogP contribution is -3.15. The molecule has 158 valence electrons. The largest absolute Gasteiger partial charge is 0.347 e. The van der Waals surface area contributed by atoms with E-state index >= 15 is 0 Å². The van der Waals surface area contributed by atoms with Crippen LogP contribution < -0.4 is 15.5 Å². The summed E-state index contributed by atoms with van der Waals surface area (Å²) >= 11 is 0. The number of hydrogen-bond acceptors (Lipinski definition) is 3. The zero-order chi connectivity index (χ0) is 20.6. The molecule has 1 aliphatic heterocycles. The van der Waals surface area contributed by atoms with Crippen molar-refractivity contribution in [2.24, 2.45) is 5.92 Å². The molecule has 3 N–H and O–H groups in total. The third-order valence-electron chi connectivity index (χ3n) is 5.75. The van der Waals surface area contributed by atoms with Gasteiger partial charge in [-0.25, -0.2) is 4.39 Å². The lowest BCUT2D eigenvalue weighted by molar-refractivity contribution is -0.895. The molecule has 0 spiro atoms. The summed E-state index contributed by atoms with van der Waals surface area (Å²) in [5, 5.41) is 5.56. The van der Waals surface area contributed by atoms with Crippen LogP contribution in [0.2, 0.25) is 0 Å². The first-order chi connectivity index (χ1) is 14.0. The Morgan fingerprint density at radius 1 is 1.03 bits per heavy atom. The first-order valence-electron chi connectivity index (χ1n) is 10.5. The van der Waals surface area contributed by atoms with E-state index in [0.29, 0.717) is 38.4 Å². The third-order valence-corrected chi connectivity index (χ3v) is 5.75. The SMILES string of the molecule is O=C(C[NH+]1CCN(C(=O)CNC(=O)C2CCCCC2)CC1)Nc1ccc(F)cc1. The molecule has 0 atom stereocenters. The van der Waals surface area contributed by atoms with Crippen molar-refractivity contribution >= 4 is 23.4 Å². The van der Waals surface area contributed by atoms with Gasteiger partial charge in [0.2, 0.25) is 11.8 Å². The summed E-state index contributed by atoms with van der Waals surface area (Å²) in [7, 11) is 0. The Labute approximate surface area is 170 Å². The zero-order valence-corrected chi connectivity index (χ0v) is 16.7. The Balaban J connectivity index is 1.34. The fourth-order valence-corrected chi connectivity index (χ4v) is 4.00. The number of anilines is 1. The van der Waals surface area contributed by atoms with E-state index in [1.54, 1.807) is 4.90 Å². The summed E-state index contributed by atoms with van der Waals surface area (Å²) in [6.07, 6.45) is 5.21. The van der Waals surface area contributed by atoms with Crippen molar-refractivity contribution in [3.63, 3.8) is 0 Å². The van der Waals surface area contributed by atoms with E-state index in [-0.39, 0.29) is 36.0 Å². The number of hydrogen-bond donors (Lipinski definition) is 3. The van der Waals surface area contributed by atoms with Crippen LogP contribution in [0.5, 0.6) is 0 Å². The number of rotatable bonds is 6. The second-order valence-corrected chi connectivity index (χ2v) is 7.92. The Morgan fingerprint density at radius 3 is 2.34 bits per heavy atom. The van der Waals surface area contributed by atoms with Crippen LogP contribution in [-0.4, -0.2) is 61.9 Å². The summed E-state index contributed by atoms with van der Waals surface area (Å²) < 4.78 is 12.9. The van der Waals surface area contributed by atoms with Gasteiger partial charge < -0.3 is 20.4 Å².